The maximum atomic E-state index is 12.1. The first kappa shape index (κ1) is 15.9. The summed E-state index contributed by atoms with van der Waals surface area (Å²) in [7, 11) is 0. The average molecular weight is 291 g/mol. The minimum atomic E-state index is 0.0360. The number of aryl methyl sites for hydroxylation is 2. The van der Waals surface area contributed by atoms with Crippen molar-refractivity contribution in [2.75, 3.05) is 51.2 Å². The van der Waals surface area contributed by atoms with Gasteiger partial charge in [-0.05, 0) is 37.1 Å². The largest absolute Gasteiger partial charge is 0.395 e. The summed E-state index contributed by atoms with van der Waals surface area (Å²) in [5.41, 5.74) is 3.28. The summed E-state index contributed by atoms with van der Waals surface area (Å²) in [6.45, 7) is 9.05. The van der Waals surface area contributed by atoms with Crippen molar-refractivity contribution in [2.45, 2.75) is 13.8 Å². The topological polar surface area (TPSA) is 55.8 Å². The molecule has 5 heteroatoms. The van der Waals surface area contributed by atoms with Crippen molar-refractivity contribution in [2.24, 2.45) is 0 Å². The lowest BCUT2D eigenvalue weighted by atomic mass is 10.1. The number of rotatable bonds is 5. The smallest absolute Gasteiger partial charge is 0.238 e. The molecule has 1 heterocycles. The standard InChI is InChI=1S/C16H25N3O2/c1-13-3-4-15(11-14(13)2)17-16(21)12-19-7-5-18(6-8-19)9-10-20/h3-4,11,20H,5-10,12H2,1-2H3,(H,17,21). The molecule has 0 atom stereocenters. The van der Waals surface area contributed by atoms with E-state index in [4.69, 9.17) is 5.11 Å². The van der Waals surface area contributed by atoms with Crippen LogP contribution in [0.15, 0.2) is 18.2 Å². The van der Waals surface area contributed by atoms with Crippen molar-refractivity contribution in [1.82, 2.24) is 9.80 Å². The summed E-state index contributed by atoms with van der Waals surface area (Å²) < 4.78 is 0. The molecule has 2 rings (SSSR count). The SMILES string of the molecule is Cc1ccc(NC(=O)CN2CCN(CCO)CC2)cc1C. The minimum absolute atomic E-state index is 0.0360. The van der Waals surface area contributed by atoms with Crippen LogP contribution in [0, 0.1) is 13.8 Å². The number of hydrogen-bond acceptors (Lipinski definition) is 4. The first-order chi connectivity index (χ1) is 10.1. The third kappa shape index (κ3) is 4.81. The van der Waals surface area contributed by atoms with Crippen molar-refractivity contribution in [1.29, 1.82) is 0 Å². The minimum Gasteiger partial charge on any atom is -0.395 e. The van der Waals surface area contributed by atoms with E-state index in [1.54, 1.807) is 0 Å². The number of nitrogens with one attached hydrogen (secondary N) is 1. The maximum Gasteiger partial charge on any atom is 0.238 e. The molecular formula is C16H25N3O2. The molecule has 0 radical (unpaired) electrons. The summed E-state index contributed by atoms with van der Waals surface area (Å²) in [6, 6.07) is 5.98. The van der Waals surface area contributed by atoms with E-state index in [2.05, 4.69) is 22.0 Å². The molecule has 116 valence electrons. The van der Waals surface area contributed by atoms with Crippen LogP contribution in [0.25, 0.3) is 0 Å². The van der Waals surface area contributed by atoms with Crippen LogP contribution in [0.3, 0.4) is 0 Å². The highest BCUT2D eigenvalue weighted by Gasteiger charge is 2.18. The van der Waals surface area contributed by atoms with E-state index in [1.165, 1.54) is 11.1 Å². The first-order valence-electron chi connectivity index (χ1n) is 7.51. The number of carbonyl (C=O) groups excluding carboxylic acids is 1. The number of benzene rings is 1. The Morgan fingerprint density at radius 1 is 1.14 bits per heavy atom. The zero-order valence-electron chi connectivity index (χ0n) is 12.9. The highest BCUT2D eigenvalue weighted by Crippen LogP contribution is 2.14. The van der Waals surface area contributed by atoms with Crippen molar-refractivity contribution in [3.8, 4) is 0 Å². The molecule has 0 unspecified atom stereocenters. The number of nitrogens with zero attached hydrogens (tertiary/aromatic N) is 2. The molecule has 0 aromatic heterocycles. The zero-order chi connectivity index (χ0) is 15.2. The predicted molar refractivity (Wildman–Crippen MR) is 84.5 cm³/mol. The number of β-amino-alcohol motifs (C(OH)–C–C–N with tert-alkyl or cyclic N) is 1. The van der Waals surface area contributed by atoms with Crippen molar-refractivity contribution >= 4 is 11.6 Å². The second-order valence-electron chi connectivity index (χ2n) is 5.69. The van der Waals surface area contributed by atoms with Crippen LogP contribution in [0.1, 0.15) is 11.1 Å². The monoisotopic (exact) mass is 291 g/mol. The Bertz CT molecular complexity index is 482. The van der Waals surface area contributed by atoms with E-state index in [0.29, 0.717) is 6.54 Å². The molecule has 5 nitrogen and oxygen atoms in total. The number of piperazine rings is 1. The molecule has 21 heavy (non-hydrogen) atoms. The van der Waals surface area contributed by atoms with E-state index in [1.807, 2.05) is 25.1 Å². The van der Waals surface area contributed by atoms with Gasteiger partial charge < -0.3 is 10.4 Å². The van der Waals surface area contributed by atoms with E-state index < -0.39 is 0 Å². The lowest BCUT2D eigenvalue weighted by Gasteiger charge is -2.33. The number of aliphatic hydroxyl groups is 1. The number of anilines is 1. The number of aliphatic hydroxyl groups excluding tert-OH is 1. The average Bonchev–Trinajstić information content (AvgIpc) is 2.45. The van der Waals surface area contributed by atoms with Gasteiger partial charge in [-0.25, -0.2) is 0 Å². The molecule has 1 aromatic carbocycles. The van der Waals surface area contributed by atoms with Crippen LogP contribution in [0.4, 0.5) is 5.69 Å². The predicted octanol–water partition coefficient (Wildman–Crippen LogP) is 0.852. The molecular weight excluding hydrogens is 266 g/mol. The van der Waals surface area contributed by atoms with Gasteiger partial charge in [0, 0.05) is 38.4 Å². The van der Waals surface area contributed by atoms with Gasteiger partial charge in [0.15, 0.2) is 0 Å². The van der Waals surface area contributed by atoms with Gasteiger partial charge in [0.1, 0.15) is 0 Å². The Hall–Kier alpha value is -1.43. The second-order valence-corrected chi connectivity index (χ2v) is 5.69. The summed E-state index contributed by atoms with van der Waals surface area (Å²) in [5.74, 6) is 0.0360. The molecule has 1 fully saturated rings. The Morgan fingerprint density at radius 3 is 2.43 bits per heavy atom. The Morgan fingerprint density at radius 2 is 1.81 bits per heavy atom. The molecule has 1 aromatic rings. The molecule has 0 spiro atoms. The summed E-state index contributed by atoms with van der Waals surface area (Å²) in [5, 5.41) is 11.9. The highest BCUT2D eigenvalue weighted by atomic mass is 16.3. The first-order valence-corrected chi connectivity index (χ1v) is 7.51. The molecule has 0 aliphatic carbocycles. The third-order valence-electron chi connectivity index (χ3n) is 4.04. The van der Waals surface area contributed by atoms with Crippen LogP contribution in [0.5, 0.6) is 0 Å². The molecule has 1 amide bonds. The Kier molecular flexibility index (Phi) is 5.73. The second kappa shape index (κ2) is 7.54. The van der Waals surface area contributed by atoms with Crippen LogP contribution in [0.2, 0.25) is 0 Å². The fourth-order valence-electron chi connectivity index (χ4n) is 2.54. The van der Waals surface area contributed by atoms with Crippen LogP contribution >= 0.6 is 0 Å². The van der Waals surface area contributed by atoms with Crippen molar-refractivity contribution < 1.29 is 9.90 Å². The van der Waals surface area contributed by atoms with Crippen LogP contribution < -0.4 is 5.32 Å². The van der Waals surface area contributed by atoms with E-state index in [0.717, 1.165) is 38.4 Å². The van der Waals surface area contributed by atoms with E-state index in [9.17, 15) is 4.79 Å². The zero-order valence-corrected chi connectivity index (χ0v) is 12.9. The molecule has 0 saturated carbocycles. The number of carbonyl (C=O) groups is 1. The van der Waals surface area contributed by atoms with Crippen LogP contribution in [-0.2, 0) is 4.79 Å². The van der Waals surface area contributed by atoms with Gasteiger partial charge >= 0.3 is 0 Å². The van der Waals surface area contributed by atoms with E-state index >= 15 is 0 Å². The molecule has 0 bridgehead atoms. The maximum absolute atomic E-state index is 12.1. The van der Waals surface area contributed by atoms with Crippen molar-refractivity contribution in [3.05, 3.63) is 29.3 Å². The molecule has 2 N–H and O–H groups in total. The Balaban J connectivity index is 1.78. The fraction of sp³-hybridized carbons (Fsp3) is 0.562. The van der Waals surface area contributed by atoms with E-state index in [-0.39, 0.29) is 12.5 Å². The van der Waals surface area contributed by atoms with Gasteiger partial charge in [0.2, 0.25) is 5.91 Å². The molecule has 1 aliphatic rings. The number of hydrogen-bond donors (Lipinski definition) is 2. The summed E-state index contributed by atoms with van der Waals surface area (Å²) in [4.78, 5) is 16.5. The highest BCUT2D eigenvalue weighted by molar-refractivity contribution is 5.92. The van der Waals surface area contributed by atoms with Gasteiger partial charge in [-0.1, -0.05) is 6.07 Å². The van der Waals surface area contributed by atoms with Gasteiger partial charge in [0.25, 0.3) is 0 Å². The van der Waals surface area contributed by atoms with Crippen LogP contribution in [-0.4, -0.2) is 66.7 Å². The van der Waals surface area contributed by atoms with Crippen molar-refractivity contribution in [3.63, 3.8) is 0 Å². The molecule has 1 aliphatic heterocycles. The summed E-state index contributed by atoms with van der Waals surface area (Å²) in [6.07, 6.45) is 0. The van der Waals surface area contributed by atoms with Gasteiger partial charge in [-0.15, -0.1) is 0 Å². The Labute approximate surface area is 126 Å². The number of amides is 1. The van der Waals surface area contributed by atoms with Gasteiger partial charge in [-0.3, -0.25) is 14.6 Å². The summed E-state index contributed by atoms with van der Waals surface area (Å²) >= 11 is 0. The lowest BCUT2D eigenvalue weighted by Crippen LogP contribution is -2.49. The van der Waals surface area contributed by atoms with Gasteiger partial charge in [-0.2, -0.15) is 0 Å². The third-order valence-corrected chi connectivity index (χ3v) is 4.04. The fourth-order valence-corrected chi connectivity index (χ4v) is 2.54. The van der Waals surface area contributed by atoms with Gasteiger partial charge in [0.05, 0.1) is 13.2 Å². The quantitative estimate of drug-likeness (QED) is 0.844. The normalized spacial score (nSPS) is 16.9. The lowest BCUT2D eigenvalue weighted by molar-refractivity contribution is -0.117. The molecule has 1 saturated heterocycles.